The van der Waals surface area contributed by atoms with Gasteiger partial charge in [-0.15, -0.1) is 11.3 Å². The summed E-state index contributed by atoms with van der Waals surface area (Å²) in [6.07, 6.45) is 1.48. The number of anilines is 1. The first-order valence-corrected chi connectivity index (χ1v) is 11.4. The van der Waals surface area contributed by atoms with Crippen LogP contribution in [-0.2, 0) is 24.2 Å². The van der Waals surface area contributed by atoms with Crippen LogP contribution in [0.3, 0.4) is 0 Å². The summed E-state index contributed by atoms with van der Waals surface area (Å²) in [5.41, 5.74) is 3.90. The minimum atomic E-state index is -0.445. The number of nitrogens with one attached hydrogen (secondary N) is 1. The van der Waals surface area contributed by atoms with E-state index in [2.05, 4.69) is 16.8 Å². The molecule has 5 nitrogen and oxygen atoms in total. The fourth-order valence-corrected chi connectivity index (χ4v) is 4.82. The number of hydrogen-bond acceptors (Lipinski definition) is 4. The Morgan fingerprint density at radius 1 is 1.22 bits per heavy atom. The molecule has 1 aromatic heterocycles. The lowest BCUT2D eigenvalue weighted by Crippen LogP contribution is -2.35. The van der Waals surface area contributed by atoms with Crippen molar-refractivity contribution in [2.24, 2.45) is 0 Å². The SMILES string of the molecule is COc1ccc(CCC(=O)Nc2cccc(C(=O)N3CCc4sccc4C3)c2C)cc1F. The van der Waals surface area contributed by atoms with Crippen molar-refractivity contribution in [2.75, 3.05) is 19.0 Å². The Bertz CT molecular complexity index is 1160. The third-order valence-corrected chi connectivity index (χ3v) is 6.81. The Morgan fingerprint density at radius 3 is 2.84 bits per heavy atom. The Hall–Kier alpha value is -3.19. The molecular weight excluding hydrogens is 427 g/mol. The number of carbonyl (C=O) groups is 2. The summed E-state index contributed by atoms with van der Waals surface area (Å²) in [6, 6.07) is 12.2. The molecule has 1 N–H and O–H groups in total. The summed E-state index contributed by atoms with van der Waals surface area (Å²) in [7, 11) is 1.41. The Morgan fingerprint density at radius 2 is 2.06 bits per heavy atom. The van der Waals surface area contributed by atoms with Crippen molar-refractivity contribution in [1.29, 1.82) is 0 Å². The number of benzene rings is 2. The minimum absolute atomic E-state index is 0.0239. The topological polar surface area (TPSA) is 58.6 Å². The number of amides is 2. The molecule has 0 saturated carbocycles. The Kier molecular flexibility index (Phi) is 6.55. The quantitative estimate of drug-likeness (QED) is 0.574. The molecule has 1 aliphatic heterocycles. The zero-order chi connectivity index (χ0) is 22.7. The van der Waals surface area contributed by atoms with Crippen LogP contribution < -0.4 is 10.1 Å². The first-order valence-electron chi connectivity index (χ1n) is 10.5. The van der Waals surface area contributed by atoms with Gasteiger partial charge in [0.15, 0.2) is 11.6 Å². The van der Waals surface area contributed by atoms with Crippen LogP contribution in [0, 0.1) is 12.7 Å². The van der Waals surface area contributed by atoms with Crippen LogP contribution in [0.5, 0.6) is 5.75 Å². The second kappa shape index (κ2) is 9.53. The molecule has 2 heterocycles. The molecule has 0 saturated heterocycles. The monoisotopic (exact) mass is 452 g/mol. The van der Waals surface area contributed by atoms with Gasteiger partial charge in [0.1, 0.15) is 0 Å². The highest BCUT2D eigenvalue weighted by molar-refractivity contribution is 7.10. The van der Waals surface area contributed by atoms with Crippen molar-refractivity contribution in [3.05, 3.63) is 80.8 Å². The number of carbonyl (C=O) groups excluding carboxylic acids is 2. The van der Waals surface area contributed by atoms with Gasteiger partial charge >= 0.3 is 0 Å². The van der Waals surface area contributed by atoms with E-state index in [0.29, 0.717) is 30.8 Å². The fraction of sp³-hybridized carbons (Fsp3) is 0.280. The van der Waals surface area contributed by atoms with Crippen molar-refractivity contribution < 1.29 is 18.7 Å². The third-order valence-electron chi connectivity index (χ3n) is 5.79. The van der Waals surface area contributed by atoms with E-state index in [1.807, 2.05) is 11.8 Å². The predicted molar refractivity (Wildman–Crippen MR) is 124 cm³/mol. The number of halogens is 1. The lowest BCUT2D eigenvalue weighted by Gasteiger charge is -2.28. The standard InChI is InChI=1S/C25H25FN2O3S/c1-16-19(25(30)28-12-10-23-18(15-28)11-13-32-23)4-3-5-21(16)27-24(29)9-7-17-6-8-22(31-2)20(26)14-17/h3-6,8,11,13-14H,7,9-10,12,15H2,1-2H3,(H,27,29). The average Bonchev–Trinajstić information content (AvgIpc) is 3.27. The maximum Gasteiger partial charge on any atom is 0.254 e. The van der Waals surface area contributed by atoms with Crippen LogP contribution in [0.2, 0.25) is 0 Å². The molecular formula is C25H25FN2O3S. The van der Waals surface area contributed by atoms with E-state index in [-0.39, 0.29) is 24.0 Å². The van der Waals surface area contributed by atoms with E-state index in [9.17, 15) is 14.0 Å². The van der Waals surface area contributed by atoms with Gasteiger partial charge in [0, 0.05) is 35.6 Å². The normalized spacial score (nSPS) is 12.9. The molecule has 2 amide bonds. The number of aryl methyl sites for hydroxylation is 1. The summed E-state index contributed by atoms with van der Waals surface area (Å²) in [4.78, 5) is 28.9. The molecule has 0 fully saturated rings. The van der Waals surface area contributed by atoms with Gasteiger partial charge in [-0.1, -0.05) is 12.1 Å². The van der Waals surface area contributed by atoms with Crippen LogP contribution in [0.25, 0.3) is 0 Å². The van der Waals surface area contributed by atoms with Gasteiger partial charge in [-0.2, -0.15) is 0 Å². The summed E-state index contributed by atoms with van der Waals surface area (Å²) >= 11 is 1.74. The lowest BCUT2D eigenvalue weighted by molar-refractivity contribution is -0.116. The molecule has 0 aliphatic carbocycles. The number of ether oxygens (including phenoxy) is 1. The van der Waals surface area contributed by atoms with Crippen LogP contribution in [0.15, 0.2) is 47.8 Å². The van der Waals surface area contributed by atoms with Gasteiger partial charge in [-0.25, -0.2) is 4.39 Å². The van der Waals surface area contributed by atoms with Gasteiger partial charge in [0.05, 0.1) is 7.11 Å². The Labute approximate surface area is 190 Å². The first kappa shape index (κ1) is 22.0. The van der Waals surface area contributed by atoms with Gasteiger partial charge in [-0.3, -0.25) is 9.59 Å². The van der Waals surface area contributed by atoms with E-state index in [0.717, 1.165) is 17.5 Å². The molecule has 4 rings (SSSR count). The smallest absolute Gasteiger partial charge is 0.254 e. The molecule has 166 valence electrons. The molecule has 0 radical (unpaired) electrons. The van der Waals surface area contributed by atoms with Crippen molar-refractivity contribution in [3.8, 4) is 5.75 Å². The highest BCUT2D eigenvalue weighted by Crippen LogP contribution is 2.27. The highest BCUT2D eigenvalue weighted by Gasteiger charge is 2.24. The van der Waals surface area contributed by atoms with E-state index in [4.69, 9.17) is 4.74 Å². The van der Waals surface area contributed by atoms with Gasteiger partial charge < -0.3 is 15.0 Å². The zero-order valence-electron chi connectivity index (χ0n) is 18.1. The third kappa shape index (κ3) is 4.67. The second-order valence-corrected chi connectivity index (χ2v) is 8.84. The minimum Gasteiger partial charge on any atom is -0.494 e. The Balaban J connectivity index is 1.40. The molecule has 7 heteroatoms. The highest BCUT2D eigenvalue weighted by atomic mass is 32.1. The average molecular weight is 453 g/mol. The van der Waals surface area contributed by atoms with E-state index in [1.54, 1.807) is 41.7 Å². The zero-order valence-corrected chi connectivity index (χ0v) is 18.9. The number of rotatable bonds is 6. The number of fused-ring (bicyclic) bond motifs is 1. The first-order chi connectivity index (χ1) is 15.5. The van der Waals surface area contributed by atoms with Crippen molar-refractivity contribution >= 4 is 28.8 Å². The molecule has 0 unspecified atom stereocenters. The van der Waals surface area contributed by atoms with Crippen LogP contribution in [0.4, 0.5) is 10.1 Å². The number of methoxy groups -OCH3 is 1. The van der Waals surface area contributed by atoms with Crippen molar-refractivity contribution in [3.63, 3.8) is 0 Å². The van der Waals surface area contributed by atoms with E-state index < -0.39 is 5.82 Å². The summed E-state index contributed by atoms with van der Waals surface area (Å²) in [5, 5.41) is 4.97. The largest absolute Gasteiger partial charge is 0.494 e. The summed E-state index contributed by atoms with van der Waals surface area (Å²) < 4.78 is 18.8. The van der Waals surface area contributed by atoms with Crippen LogP contribution in [0.1, 0.15) is 38.3 Å². The molecule has 2 aromatic carbocycles. The number of hydrogen-bond donors (Lipinski definition) is 1. The van der Waals surface area contributed by atoms with Gasteiger partial charge in [0.25, 0.3) is 5.91 Å². The summed E-state index contributed by atoms with van der Waals surface area (Å²) in [6.45, 7) is 3.16. The lowest BCUT2D eigenvalue weighted by atomic mass is 10.0. The maximum atomic E-state index is 13.9. The molecule has 0 atom stereocenters. The number of nitrogens with zero attached hydrogens (tertiary/aromatic N) is 1. The molecule has 32 heavy (non-hydrogen) atoms. The summed E-state index contributed by atoms with van der Waals surface area (Å²) in [5.74, 6) is -0.474. The molecule has 1 aliphatic rings. The maximum absolute atomic E-state index is 13.9. The second-order valence-electron chi connectivity index (χ2n) is 7.84. The fourth-order valence-electron chi connectivity index (χ4n) is 3.93. The predicted octanol–water partition coefficient (Wildman–Crippen LogP) is 4.97. The van der Waals surface area contributed by atoms with Crippen molar-refractivity contribution in [1.82, 2.24) is 4.90 Å². The van der Waals surface area contributed by atoms with Gasteiger partial charge in [-0.05, 0) is 72.2 Å². The molecule has 0 spiro atoms. The van der Waals surface area contributed by atoms with Gasteiger partial charge in [0.2, 0.25) is 5.91 Å². The van der Waals surface area contributed by atoms with Crippen molar-refractivity contribution in [2.45, 2.75) is 32.7 Å². The van der Waals surface area contributed by atoms with Crippen LogP contribution >= 0.6 is 11.3 Å². The number of thiophene rings is 1. The van der Waals surface area contributed by atoms with E-state index >= 15 is 0 Å². The molecule has 0 bridgehead atoms. The van der Waals surface area contributed by atoms with Crippen LogP contribution in [-0.4, -0.2) is 30.4 Å². The van der Waals surface area contributed by atoms with E-state index in [1.165, 1.54) is 23.6 Å². The molecule has 3 aromatic rings.